The van der Waals surface area contributed by atoms with Crippen LogP contribution in [0.2, 0.25) is 10.0 Å². The average molecular weight is 671 g/mol. The maximum Gasteiger partial charge on any atom is 0.306 e. The Kier molecular flexibility index (Phi) is 11.7. The zero-order valence-electron chi connectivity index (χ0n) is 26.3. The predicted octanol–water partition coefficient (Wildman–Crippen LogP) is 5.22. The third kappa shape index (κ3) is 9.75. The number of pyridine rings is 1. The third-order valence-corrected chi connectivity index (χ3v) is 9.03. The smallest absolute Gasteiger partial charge is 0.306 e. The molecule has 2 fully saturated rings. The molecule has 13 heteroatoms. The van der Waals surface area contributed by atoms with Crippen LogP contribution in [0.1, 0.15) is 38.7 Å². The third-order valence-electron chi connectivity index (χ3n) is 8.59. The molecule has 46 heavy (non-hydrogen) atoms. The van der Waals surface area contributed by atoms with E-state index in [0.29, 0.717) is 39.8 Å². The molecule has 246 valence electrons. The number of rotatable bonds is 12. The number of carbonyl (C=O) groups is 2. The summed E-state index contributed by atoms with van der Waals surface area (Å²) in [5.41, 5.74) is 2.52. The van der Waals surface area contributed by atoms with Crippen molar-refractivity contribution < 1.29 is 19.4 Å². The second kappa shape index (κ2) is 15.9. The van der Waals surface area contributed by atoms with Gasteiger partial charge in [0.05, 0.1) is 24.0 Å². The lowest BCUT2D eigenvalue weighted by Crippen LogP contribution is -2.47. The molecule has 2 N–H and O–H groups in total. The maximum absolute atomic E-state index is 11.3. The number of amides is 1. The zero-order chi connectivity index (χ0) is 32.6. The van der Waals surface area contributed by atoms with Crippen LogP contribution in [0.4, 0.5) is 5.82 Å². The Morgan fingerprint density at radius 1 is 0.957 bits per heavy atom. The number of piperidine rings is 1. The van der Waals surface area contributed by atoms with Gasteiger partial charge in [0, 0.05) is 67.9 Å². The van der Waals surface area contributed by atoms with Gasteiger partial charge < -0.3 is 20.1 Å². The van der Waals surface area contributed by atoms with E-state index < -0.39 is 5.97 Å². The molecule has 3 aromatic rings. The molecule has 0 bridgehead atoms. The van der Waals surface area contributed by atoms with Crippen molar-refractivity contribution in [3.8, 4) is 23.0 Å². The van der Waals surface area contributed by atoms with Gasteiger partial charge in [-0.2, -0.15) is 0 Å². The van der Waals surface area contributed by atoms with Gasteiger partial charge in [0.2, 0.25) is 17.7 Å². The number of carbonyl (C=O) groups excluding carboxylic acids is 1. The van der Waals surface area contributed by atoms with Gasteiger partial charge in [-0.05, 0) is 74.6 Å². The molecule has 0 radical (unpaired) electrons. The fraction of sp³-hybridized carbons (Fsp3) is 0.485. The van der Waals surface area contributed by atoms with E-state index in [-0.39, 0.29) is 11.8 Å². The Balaban J connectivity index is 1.24. The molecule has 2 saturated heterocycles. The van der Waals surface area contributed by atoms with Gasteiger partial charge in [-0.15, -0.1) is 0 Å². The summed E-state index contributed by atoms with van der Waals surface area (Å²) in [7, 11) is 0. The largest absolute Gasteiger partial charge is 0.481 e. The Labute approximate surface area is 279 Å². The van der Waals surface area contributed by atoms with Crippen molar-refractivity contribution in [2.24, 2.45) is 11.8 Å². The summed E-state index contributed by atoms with van der Waals surface area (Å²) in [5, 5.41) is 13.1. The number of carboxylic acids is 1. The summed E-state index contributed by atoms with van der Waals surface area (Å²) in [6.07, 6.45) is 6.00. The lowest BCUT2D eigenvalue weighted by Gasteiger charge is -2.35. The van der Waals surface area contributed by atoms with Crippen LogP contribution in [0.3, 0.4) is 0 Å². The molecule has 2 aliphatic rings. The highest BCUT2D eigenvalue weighted by molar-refractivity contribution is 6.35. The molecule has 4 heterocycles. The number of carboxylic acid groups (broad SMARTS) is 1. The number of hydrogen-bond donors (Lipinski definition) is 2. The standard InChI is InChI=1S/C33H41Cl2N7O4/c1-22(33(44)45)3-6-40-9-11-42(12-10-40)30-19-38-32(20-37-30)46-31-14-25(13-29(39-31)26-15-27(34)17-28(35)16-26)21-41-7-4-24(5-8-41)18-36-23(2)43/h13-17,19-20,22,24H,3-12,18,21H2,1-2H3,(H,36,43)(H,44,45). The molecule has 5 rings (SSSR count). The molecule has 0 spiro atoms. The van der Waals surface area contributed by atoms with Crippen molar-refractivity contribution in [3.63, 3.8) is 0 Å². The fourth-order valence-electron chi connectivity index (χ4n) is 5.78. The summed E-state index contributed by atoms with van der Waals surface area (Å²) >= 11 is 12.7. The van der Waals surface area contributed by atoms with Gasteiger partial charge in [-0.25, -0.2) is 15.0 Å². The van der Waals surface area contributed by atoms with Gasteiger partial charge in [0.1, 0.15) is 5.82 Å². The lowest BCUT2D eigenvalue weighted by atomic mass is 9.96. The number of nitrogens with zero attached hydrogens (tertiary/aromatic N) is 6. The van der Waals surface area contributed by atoms with Gasteiger partial charge >= 0.3 is 5.97 Å². The van der Waals surface area contributed by atoms with E-state index in [1.54, 1.807) is 32.3 Å². The number of benzene rings is 1. The maximum atomic E-state index is 11.3. The summed E-state index contributed by atoms with van der Waals surface area (Å²) in [5.74, 6) is 0.908. The van der Waals surface area contributed by atoms with Crippen molar-refractivity contribution in [2.45, 2.75) is 39.7 Å². The molecular formula is C33H41Cl2N7O4. The monoisotopic (exact) mass is 669 g/mol. The number of likely N-dealkylation sites (tertiary alicyclic amines) is 1. The minimum Gasteiger partial charge on any atom is -0.481 e. The van der Waals surface area contributed by atoms with Gasteiger partial charge in [-0.1, -0.05) is 30.1 Å². The van der Waals surface area contributed by atoms with E-state index in [1.807, 2.05) is 24.3 Å². The number of aliphatic carboxylic acids is 1. The van der Waals surface area contributed by atoms with Crippen LogP contribution in [0.5, 0.6) is 11.8 Å². The van der Waals surface area contributed by atoms with E-state index in [0.717, 1.165) is 88.7 Å². The minimum atomic E-state index is -0.750. The van der Waals surface area contributed by atoms with Gasteiger partial charge in [0.15, 0.2) is 0 Å². The topological polar surface area (TPSA) is 124 Å². The van der Waals surface area contributed by atoms with E-state index in [1.165, 1.54) is 0 Å². The highest BCUT2D eigenvalue weighted by Gasteiger charge is 2.22. The van der Waals surface area contributed by atoms with Crippen LogP contribution in [0, 0.1) is 11.8 Å². The zero-order valence-corrected chi connectivity index (χ0v) is 27.8. The summed E-state index contributed by atoms with van der Waals surface area (Å²) in [6, 6.07) is 9.32. The van der Waals surface area contributed by atoms with E-state index in [9.17, 15) is 9.59 Å². The van der Waals surface area contributed by atoms with Crippen molar-refractivity contribution >= 4 is 40.9 Å². The molecule has 2 aromatic heterocycles. The Morgan fingerprint density at radius 3 is 2.30 bits per heavy atom. The molecule has 1 atom stereocenters. The predicted molar refractivity (Wildman–Crippen MR) is 179 cm³/mol. The van der Waals surface area contributed by atoms with Crippen molar-refractivity contribution in [1.82, 2.24) is 30.1 Å². The van der Waals surface area contributed by atoms with Crippen molar-refractivity contribution in [3.05, 3.63) is 58.3 Å². The van der Waals surface area contributed by atoms with Gasteiger partial charge in [-0.3, -0.25) is 19.4 Å². The van der Waals surface area contributed by atoms with Crippen LogP contribution >= 0.6 is 23.2 Å². The van der Waals surface area contributed by atoms with E-state index >= 15 is 0 Å². The number of nitrogens with one attached hydrogen (secondary N) is 1. The summed E-state index contributed by atoms with van der Waals surface area (Å²) in [4.78, 5) is 43.2. The lowest BCUT2D eigenvalue weighted by molar-refractivity contribution is -0.141. The highest BCUT2D eigenvalue weighted by atomic mass is 35.5. The van der Waals surface area contributed by atoms with Crippen molar-refractivity contribution in [1.29, 1.82) is 0 Å². The van der Waals surface area contributed by atoms with E-state index in [4.69, 9.17) is 38.0 Å². The number of ether oxygens (including phenoxy) is 1. The molecule has 1 amide bonds. The molecule has 11 nitrogen and oxygen atoms in total. The quantitative estimate of drug-likeness (QED) is 0.265. The number of halogens is 2. The Morgan fingerprint density at radius 2 is 1.67 bits per heavy atom. The first kappa shape index (κ1) is 33.8. The first-order valence-corrected chi connectivity index (χ1v) is 16.5. The number of aromatic nitrogens is 3. The fourth-order valence-corrected chi connectivity index (χ4v) is 6.31. The summed E-state index contributed by atoms with van der Waals surface area (Å²) < 4.78 is 6.15. The molecular weight excluding hydrogens is 629 g/mol. The first-order valence-electron chi connectivity index (χ1n) is 15.8. The summed E-state index contributed by atoms with van der Waals surface area (Å²) in [6.45, 7) is 10.6. The molecule has 1 unspecified atom stereocenters. The van der Waals surface area contributed by atoms with Crippen LogP contribution in [0.15, 0.2) is 42.7 Å². The number of piperazine rings is 1. The molecule has 2 aliphatic heterocycles. The Bertz CT molecular complexity index is 1470. The highest BCUT2D eigenvalue weighted by Crippen LogP contribution is 2.31. The normalized spacial score (nSPS) is 17.1. The second-order valence-corrected chi connectivity index (χ2v) is 13.1. The van der Waals surface area contributed by atoms with Crippen LogP contribution in [-0.2, 0) is 16.1 Å². The second-order valence-electron chi connectivity index (χ2n) is 12.2. The van der Waals surface area contributed by atoms with Gasteiger partial charge in [0.25, 0.3) is 0 Å². The van der Waals surface area contributed by atoms with Crippen LogP contribution < -0.4 is 15.0 Å². The molecule has 0 aliphatic carbocycles. The SMILES string of the molecule is CC(=O)NCC1CCN(Cc2cc(Oc3cnc(N4CCN(CCC(C)C(=O)O)CC4)cn3)nc(-c3cc(Cl)cc(Cl)c3)c2)CC1. The number of anilines is 1. The van der Waals surface area contributed by atoms with E-state index in [2.05, 4.69) is 30.0 Å². The first-order chi connectivity index (χ1) is 22.1. The van der Waals surface area contributed by atoms with Crippen molar-refractivity contribution in [2.75, 3.05) is 57.3 Å². The molecule has 0 saturated carbocycles. The van der Waals surface area contributed by atoms with Crippen LogP contribution in [0.25, 0.3) is 11.3 Å². The molecule has 1 aromatic carbocycles. The average Bonchev–Trinajstić information content (AvgIpc) is 3.03. The Hall–Kier alpha value is -3.51. The van der Waals surface area contributed by atoms with Crippen LogP contribution in [-0.4, -0.2) is 94.1 Å². The number of hydrogen-bond acceptors (Lipinski definition) is 9. The minimum absolute atomic E-state index is 0.0130.